The minimum Gasteiger partial charge on any atom is -0.455 e. The molecule has 0 aliphatic carbocycles. The number of para-hydroxylation sites is 3. The Labute approximate surface area is 287 Å². The summed E-state index contributed by atoms with van der Waals surface area (Å²) < 4.78 is 8.94. The number of furan rings is 1. The average Bonchev–Trinajstić information content (AvgIpc) is 3.74. The molecule has 50 heavy (non-hydrogen) atoms. The number of aromatic nitrogens is 2. The minimum atomic E-state index is -0.324. The first-order chi connectivity index (χ1) is 24.8. The maximum atomic E-state index is 6.60. The van der Waals surface area contributed by atoms with Crippen LogP contribution in [0.3, 0.4) is 0 Å². The van der Waals surface area contributed by atoms with Crippen LogP contribution in [0.4, 0.5) is 0 Å². The summed E-state index contributed by atoms with van der Waals surface area (Å²) in [5, 5.41) is 8.01. The van der Waals surface area contributed by atoms with E-state index in [4.69, 9.17) is 14.4 Å². The summed E-state index contributed by atoms with van der Waals surface area (Å²) in [5.41, 5.74) is 10.0. The largest absolute Gasteiger partial charge is 0.455 e. The quantitative estimate of drug-likeness (QED) is 0.203. The van der Waals surface area contributed by atoms with Crippen LogP contribution in [0.25, 0.3) is 60.6 Å². The maximum Gasteiger partial charge on any atom is 0.163 e. The lowest BCUT2D eigenvalue weighted by molar-refractivity contribution is 0.663. The normalized spacial score (nSPS) is 14.6. The predicted molar refractivity (Wildman–Crippen MR) is 203 cm³/mol. The van der Waals surface area contributed by atoms with E-state index in [1.54, 1.807) is 6.20 Å². The van der Waals surface area contributed by atoms with Gasteiger partial charge >= 0.3 is 0 Å². The molecule has 1 aliphatic rings. The molecule has 0 spiro atoms. The Morgan fingerprint density at radius 2 is 1.30 bits per heavy atom. The Hall–Kier alpha value is -6.79. The molecule has 0 fully saturated rings. The third-order valence-electron chi connectivity index (χ3n) is 9.52. The fourth-order valence-corrected chi connectivity index (χ4v) is 7.17. The SMILES string of the molecule is c1ccc(C2N=C(c3cccc4c3oc3ccc(-c5ccc6c(c5)c5ccccc5n6-c5ccccc5)cc34)N=C(c3ccccn3)N2)cc1. The molecule has 6 heteroatoms. The number of rotatable bonds is 5. The van der Waals surface area contributed by atoms with Crippen LogP contribution in [-0.2, 0) is 0 Å². The predicted octanol–water partition coefficient (Wildman–Crippen LogP) is 10.2. The van der Waals surface area contributed by atoms with Crippen LogP contribution in [0.5, 0.6) is 0 Å². The summed E-state index contributed by atoms with van der Waals surface area (Å²) >= 11 is 0. The lowest BCUT2D eigenvalue weighted by atomic mass is 10.00. The Morgan fingerprint density at radius 1 is 0.580 bits per heavy atom. The van der Waals surface area contributed by atoms with Gasteiger partial charge in [0.1, 0.15) is 23.0 Å². The molecule has 1 unspecified atom stereocenters. The molecule has 1 atom stereocenters. The van der Waals surface area contributed by atoms with E-state index in [1.807, 2.05) is 42.5 Å². The standard InChI is InChI=1S/C44H29N5O/c1-3-12-28(13-4-1)42-46-43(48-44(47-42)37-19-9-10-25-45-37)34-18-11-17-33-36-27-30(22-24-40(36)50-41(33)34)29-21-23-39-35(26-29)32-16-7-8-20-38(32)49(39)31-14-5-2-6-15-31/h1-27,42H,(H,46,47,48). The Kier molecular flexibility index (Phi) is 6.45. The van der Waals surface area contributed by atoms with Gasteiger partial charge in [-0.2, -0.15) is 0 Å². The van der Waals surface area contributed by atoms with Crippen molar-refractivity contribution in [3.8, 4) is 16.8 Å². The first kappa shape index (κ1) is 28.2. The zero-order valence-corrected chi connectivity index (χ0v) is 26.9. The van der Waals surface area contributed by atoms with E-state index in [0.29, 0.717) is 11.7 Å². The molecule has 4 heterocycles. The molecule has 10 rings (SSSR count). The second-order valence-corrected chi connectivity index (χ2v) is 12.5. The molecule has 0 radical (unpaired) electrons. The molecule has 1 N–H and O–H groups in total. The van der Waals surface area contributed by atoms with Crippen LogP contribution < -0.4 is 5.32 Å². The van der Waals surface area contributed by atoms with Crippen molar-refractivity contribution >= 4 is 55.4 Å². The van der Waals surface area contributed by atoms with E-state index in [1.165, 1.54) is 21.8 Å². The van der Waals surface area contributed by atoms with E-state index in [2.05, 4.69) is 130 Å². The number of pyridine rings is 1. The Bertz CT molecular complexity index is 2780. The van der Waals surface area contributed by atoms with Gasteiger partial charge in [-0.15, -0.1) is 0 Å². The molecule has 6 aromatic carbocycles. The summed E-state index contributed by atoms with van der Waals surface area (Å²) in [7, 11) is 0. The Morgan fingerprint density at radius 3 is 2.14 bits per heavy atom. The van der Waals surface area contributed by atoms with Crippen molar-refractivity contribution < 1.29 is 4.42 Å². The summed E-state index contributed by atoms with van der Waals surface area (Å²) in [4.78, 5) is 14.7. The van der Waals surface area contributed by atoms with Gasteiger partial charge in [0, 0.05) is 33.4 Å². The van der Waals surface area contributed by atoms with E-state index < -0.39 is 0 Å². The van der Waals surface area contributed by atoms with Gasteiger partial charge in [0.2, 0.25) is 0 Å². The fraction of sp³-hybridized carbons (Fsp3) is 0.0227. The Balaban J connectivity index is 1.10. The summed E-state index contributed by atoms with van der Waals surface area (Å²) in [5.74, 6) is 1.27. The van der Waals surface area contributed by atoms with Crippen LogP contribution in [0.15, 0.2) is 178 Å². The van der Waals surface area contributed by atoms with Crippen molar-refractivity contribution in [3.05, 3.63) is 181 Å². The van der Waals surface area contributed by atoms with E-state index in [9.17, 15) is 0 Å². The zero-order valence-electron chi connectivity index (χ0n) is 26.9. The van der Waals surface area contributed by atoms with Crippen LogP contribution in [0.2, 0.25) is 0 Å². The number of aliphatic imine (C=N–C) groups is 2. The number of hydrogen-bond acceptors (Lipinski definition) is 5. The second-order valence-electron chi connectivity index (χ2n) is 12.5. The minimum absolute atomic E-state index is 0.324. The molecular weight excluding hydrogens is 615 g/mol. The van der Waals surface area contributed by atoms with Gasteiger partial charge < -0.3 is 14.3 Å². The third-order valence-corrected chi connectivity index (χ3v) is 9.52. The van der Waals surface area contributed by atoms with Crippen LogP contribution >= 0.6 is 0 Å². The highest BCUT2D eigenvalue weighted by molar-refractivity contribution is 6.19. The molecule has 9 aromatic rings. The van der Waals surface area contributed by atoms with Crippen molar-refractivity contribution in [2.45, 2.75) is 6.17 Å². The lowest BCUT2D eigenvalue weighted by Gasteiger charge is -2.23. The summed E-state index contributed by atoms with van der Waals surface area (Å²) in [6.45, 7) is 0. The van der Waals surface area contributed by atoms with Gasteiger partial charge in [-0.25, -0.2) is 9.98 Å². The van der Waals surface area contributed by atoms with Crippen molar-refractivity contribution in [3.63, 3.8) is 0 Å². The number of nitrogens with one attached hydrogen (secondary N) is 1. The first-order valence-corrected chi connectivity index (χ1v) is 16.7. The fourth-order valence-electron chi connectivity index (χ4n) is 7.17. The van der Waals surface area contributed by atoms with E-state index >= 15 is 0 Å². The van der Waals surface area contributed by atoms with Crippen molar-refractivity contribution in [2.24, 2.45) is 9.98 Å². The number of benzene rings is 6. The highest BCUT2D eigenvalue weighted by Gasteiger charge is 2.24. The molecule has 0 saturated heterocycles. The smallest absolute Gasteiger partial charge is 0.163 e. The van der Waals surface area contributed by atoms with Crippen molar-refractivity contribution in [1.29, 1.82) is 0 Å². The van der Waals surface area contributed by atoms with Gasteiger partial charge in [-0.05, 0) is 77.4 Å². The van der Waals surface area contributed by atoms with E-state index in [-0.39, 0.29) is 6.17 Å². The highest BCUT2D eigenvalue weighted by atomic mass is 16.3. The van der Waals surface area contributed by atoms with Crippen LogP contribution in [0, 0.1) is 0 Å². The number of nitrogens with zero attached hydrogens (tertiary/aromatic N) is 4. The molecule has 1 aliphatic heterocycles. The molecule has 3 aromatic heterocycles. The first-order valence-electron chi connectivity index (χ1n) is 16.7. The summed E-state index contributed by atoms with van der Waals surface area (Å²) in [6.07, 6.45) is 1.45. The number of hydrogen-bond donors (Lipinski definition) is 1. The maximum absolute atomic E-state index is 6.60. The van der Waals surface area contributed by atoms with Gasteiger partial charge in [-0.3, -0.25) is 4.98 Å². The monoisotopic (exact) mass is 643 g/mol. The zero-order chi connectivity index (χ0) is 33.0. The number of fused-ring (bicyclic) bond motifs is 6. The van der Waals surface area contributed by atoms with Gasteiger partial charge in [0.15, 0.2) is 11.7 Å². The lowest BCUT2D eigenvalue weighted by Crippen LogP contribution is -2.34. The average molecular weight is 644 g/mol. The third kappa shape index (κ3) is 4.61. The van der Waals surface area contributed by atoms with Gasteiger partial charge in [0.25, 0.3) is 0 Å². The van der Waals surface area contributed by atoms with Crippen molar-refractivity contribution in [2.75, 3.05) is 0 Å². The molecule has 236 valence electrons. The topological polar surface area (TPSA) is 67.7 Å². The molecule has 6 nitrogen and oxygen atoms in total. The second kappa shape index (κ2) is 11.4. The molecule has 0 bridgehead atoms. The van der Waals surface area contributed by atoms with Crippen molar-refractivity contribution in [1.82, 2.24) is 14.9 Å². The van der Waals surface area contributed by atoms with Gasteiger partial charge in [0.05, 0.1) is 16.6 Å². The van der Waals surface area contributed by atoms with Crippen LogP contribution in [0.1, 0.15) is 23.0 Å². The highest BCUT2D eigenvalue weighted by Crippen LogP contribution is 2.38. The molecule has 0 amide bonds. The summed E-state index contributed by atoms with van der Waals surface area (Å²) in [6, 6.07) is 54.6. The van der Waals surface area contributed by atoms with Gasteiger partial charge in [-0.1, -0.05) is 97.1 Å². The molecular formula is C44H29N5O. The number of amidine groups is 2. The van der Waals surface area contributed by atoms with E-state index in [0.717, 1.165) is 55.6 Å². The van der Waals surface area contributed by atoms with Crippen LogP contribution in [-0.4, -0.2) is 21.2 Å². The molecule has 0 saturated carbocycles.